The van der Waals surface area contributed by atoms with E-state index in [2.05, 4.69) is 53.6 Å². The van der Waals surface area contributed by atoms with Gasteiger partial charge in [0.2, 0.25) is 0 Å². The molecular formula is C19H19N3. The van der Waals surface area contributed by atoms with Crippen molar-refractivity contribution in [1.82, 2.24) is 4.90 Å². The lowest BCUT2D eigenvalue weighted by Gasteiger charge is -2.47. The predicted octanol–water partition coefficient (Wildman–Crippen LogP) is 3.18. The van der Waals surface area contributed by atoms with Crippen molar-refractivity contribution in [2.75, 3.05) is 18.4 Å². The minimum absolute atomic E-state index is 0.0391. The number of hydrogen-bond donors (Lipinski definition) is 1. The first-order chi connectivity index (χ1) is 10.8. The Hall–Kier alpha value is -2.05. The number of anilines is 1. The number of fused-ring (bicyclic) bond motifs is 2. The largest absolute Gasteiger partial charge is 0.357 e. The number of hydrogen-bond acceptors (Lipinski definition) is 3. The highest BCUT2D eigenvalue weighted by molar-refractivity contribution is 5.73. The lowest BCUT2D eigenvalue weighted by Crippen LogP contribution is -2.52. The maximum atomic E-state index is 9.88. The molecule has 1 aliphatic carbocycles. The third-order valence-electron chi connectivity index (χ3n) is 6.32. The van der Waals surface area contributed by atoms with E-state index in [4.69, 9.17) is 0 Å². The summed E-state index contributed by atoms with van der Waals surface area (Å²) in [7, 11) is 0. The van der Waals surface area contributed by atoms with Crippen molar-refractivity contribution in [2.45, 2.75) is 31.2 Å². The zero-order valence-corrected chi connectivity index (χ0v) is 12.8. The van der Waals surface area contributed by atoms with Crippen LogP contribution in [0.4, 0.5) is 5.69 Å². The van der Waals surface area contributed by atoms with Gasteiger partial charge in [-0.1, -0.05) is 29.8 Å². The van der Waals surface area contributed by atoms with Gasteiger partial charge in [0, 0.05) is 36.4 Å². The van der Waals surface area contributed by atoms with Gasteiger partial charge in [-0.05, 0) is 31.4 Å². The Balaban J connectivity index is 1.83. The average Bonchev–Trinajstić information content (AvgIpc) is 3.11. The lowest BCUT2D eigenvalue weighted by molar-refractivity contribution is 0.167. The Morgan fingerprint density at radius 1 is 1.41 bits per heavy atom. The molecule has 22 heavy (non-hydrogen) atoms. The minimum Gasteiger partial charge on any atom is -0.357 e. The molecule has 1 aromatic carbocycles. The number of benzene rings is 1. The Labute approximate surface area is 130 Å². The normalized spacial score (nSPS) is 36.8. The highest BCUT2D eigenvalue weighted by Crippen LogP contribution is 2.60. The molecule has 3 heteroatoms. The molecule has 0 radical (unpaired) electrons. The topological polar surface area (TPSA) is 39.1 Å². The Morgan fingerprint density at radius 3 is 3.09 bits per heavy atom. The summed E-state index contributed by atoms with van der Waals surface area (Å²) >= 11 is 0. The van der Waals surface area contributed by atoms with Gasteiger partial charge in [-0.3, -0.25) is 4.90 Å². The summed E-state index contributed by atoms with van der Waals surface area (Å²) in [5.74, 6) is 0.319. The van der Waals surface area contributed by atoms with Gasteiger partial charge in [0.05, 0.1) is 17.1 Å². The molecule has 3 heterocycles. The molecule has 2 saturated heterocycles. The monoisotopic (exact) mass is 289 g/mol. The molecule has 2 fully saturated rings. The van der Waals surface area contributed by atoms with Gasteiger partial charge in [0.15, 0.2) is 0 Å². The number of nitrogens with one attached hydrogen (secondary N) is 1. The molecule has 5 rings (SSSR count). The molecule has 0 amide bonds. The van der Waals surface area contributed by atoms with Gasteiger partial charge >= 0.3 is 0 Å². The number of nitriles is 1. The number of para-hydroxylation sites is 1. The van der Waals surface area contributed by atoms with E-state index in [1.165, 1.54) is 22.5 Å². The van der Waals surface area contributed by atoms with Crippen molar-refractivity contribution in [3.63, 3.8) is 0 Å². The third-order valence-corrected chi connectivity index (χ3v) is 6.32. The summed E-state index contributed by atoms with van der Waals surface area (Å²) in [5, 5.41) is 13.5. The van der Waals surface area contributed by atoms with Crippen molar-refractivity contribution >= 4 is 5.69 Å². The Morgan fingerprint density at radius 2 is 2.27 bits per heavy atom. The van der Waals surface area contributed by atoms with Gasteiger partial charge in [0.1, 0.15) is 0 Å². The first-order valence-electron chi connectivity index (χ1n) is 8.20. The van der Waals surface area contributed by atoms with Crippen molar-refractivity contribution in [3.8, 4) is 6.07 Å². The molecule has 3 aliphatic heterocycles. The number of piperidine rings is 1. The Kier molecular flexibility index (Phi) is 2.28. The average molecular weight is 289 g/mol. The first-order valence-corrected chi connectivity index (χ1v) is 8.20. The molecule has 0 saturated carbocycles. The van der Waals surface area contributed by atoms with E-state index >= 15 is 0 Å². The van der Waals surface area contributed by atoms with Gasteiger partial charge in [0.25, 0.3) is 0 Å². The summed E-state index contributed by atoms with van der Waals surface area (Å²) in [4.78, 5) is 2.64. The minimum atomic E-state index is 0.0391. The summed E-state index contributed by atoms with van der Waals surface area (Å²) < 4.78 is 0. The van der Waals surface area contributed by atoms with Crippen LogP contribution in [0, 0.1) is 17.2 Å². The molecule has 1 spiro atoms. The summed E-state index contributed by atoms with van der Waals surface area (Å²) in [6.07, 6.45) is 4.46. The van der Waals surface area contributed by atoms with Crippen LogP contribution in [0.5, 0.6) is 0 Å². The predicted molar refractivity (Wildman–Crippen MR) is 86.2 cm³/mol. The molecule has 0 aromatic heterocycles. The van der Waals surface area contributed by atoms with Crippen LogP contribution in [-0.2, 0) is 5.41 Å². The van der Waals surface area contributed by atoms with Crippen molar-refractivity contribution in [1.29, 1.82) is 5.26 Å². The summed E-state index contributed by atoms with van der Waals surface area (Å²) in [5.41, 5.74) is 6.28. The van der Waals surface area contributed by atoms with E-state index in [0.29, 0.717) is 12.0 Å². The van der Waals surface area contributed by atoms with E-state index in [9.17, 15) is 5.26 Å². The molecule has 0 unspecified atom stereocenters. The van der Waals surface area contributed by atoms with Crippen LogP contribution in [0.3, 0.4) is 0 Å². The summed E-state index contributed by atoms with van der Waals surface area (Å²) in [6.45, 7) is 4.28. The van der Waals surface area contributed by atoms with E-state index in [1.54, 1.807) is 0 Å². The number of rotatable bonds is 0. The van der Waals surface area contributed by atoms with Crippen molar-refractivity contribution in [3.05, 3.63) is 52.7 Å². The molecule has 1 N–H and O–H groups in total. The van der Waals surface area contributed by atoms with Crippen LogP contribution >= 0.6 is 0 Å². The summed E-state index contributed by atoms with van der Waals surface area (Å²) in [6, 6.07) is 11.8. The van der Waals surface area contributed by atoms with Crippen molar-refractivity contribution < 1.29 is 0 Å². The fourth-order valence-electron chi connectivity index (χ4n) is 5.39. The quantitative estimate of drug-likeness (QED) is 0.746. The molecule has 4 aliphatic rings. The van der Waals surface area contributed by atoms with Gasteiger partial charge < -0.3 is 5.32 Å². The van der Waals surface area contributed by atoms with Gasteiger partial charge in [-0.15, -0.1) is 0 Å². The maximum absolute atomic E-state index is 9.88. The molecule has 1 aromatic rings. The first kappa shape index (κ1) is 12.5. The molecule has 3 atom stereocenters. The third kappa shape index (κ3) is 1.22. The number of nitrogens with zero attached hydrogens (tertiary/aromatic N) is 2. The molecule has 3 nitrogen and oxygen atoms in total. The molecule has 110 valence electrons. The number of allylic oxidation sites excluding steroid dienone is 2. The highest BCUT2D eigenvalue weighted by Gasteiger charge is 2.61. The van der Waals surface area contributed by atoms with Crippen LogP contribution < -0.4 is 5.32 Å². The van der Waals surface area contributed by atoms with Crippen LogP contribution in [0.15, 0.2) is 47.2 Å². The molecular weight excluding hydrogens is 270 g/mol. The van der Waals surface area contributed by atoms with Crippen LogP contribution in [-0.4, -0.2) is 24.0 Å². The second-order valence-corrected chi connectivity index (χ2v) is 6.93. The van der Waals surface area contributed by atoms with Crippen LogP contribution in [0.1, 0.15) is 25.3 Å². The lowest BCUT2D eigenvalue weighted by atomic mass is 9.62. The van der Waals surface area contributed by atoms with Crippen LogP contribution in [0.2, 0.25) is 0 Å². The van der Waals surface area contributed by atoms with E-state index in [1.807, 2.05) is 0 Å². The maximum Gasteiger partial charge on any atom is 0.0972 e. The standard InChI is InChI=1S/C19H19N3/c1-2-12-11-22-8-7-19-15-5-3-4-6-16(15)21-18(19)14(10-20)13(12)9-17(19)22/h2-6,13,17,21H,7-9,11H2,1H3/b12-2+/t13-,17+,19+/m0/s1. The fraction of sp³-hybridized carbons (Fsp3) is 0.421. The highest BCUT2D eigenvalue weighted by atomic mass is 15.2. The van der Waals surface area contributed by atoms with Gasteiger partial charge in [-0.2, -0.15) is 5.26 Å². The second kappa shape index (κ2) is 4.02. The zero-order valence-electron chi connectivity index (χ0n) is 12.8. The SMILES string of the molecule is C/C=C1\CN2CC[C@]34C(=C(C#N)[C@H]1C[C@@H]23)Nc1ccccc14. The molecule has 2 bridgehead atoms. The van der Waals surface area contributed by atoms with Crippen LogP contribution in [0.25, 0.3) is 0 Å². The zero-order chi connectivity index (χ0) is 14.9. The van der Waals surface area contributed by atoms with E-state index in [-0.39, 0.29) is 5.41 Å². The Bertz CT molecular complexity index is 782. The second-order valence-electron chi connectivity index (χ2n) is 6.93. The smallest absolute Gasteiger partial charge is 0.0972 e. The van der Waals surface area contributed by atoms with E-state index in [0.717, 1.165) is 31.5 Å². The van der Waals surface area contributed by atoms with Crippen molar-refractivity contribution in [2.24, 2.45) is 5.92 Å². The fourth-order valence-corrected chi connectivity index (χ4v) is 5.39. The van der Waals surface area contributed by atoms with Gasteiger partial charge in [-0.25, -0.2) is 0 Å². The van der Waals surface area contributed by atoms with E-state index < -0.39 is 0 Å².